The number of ether oxygens (including phenoxy) is 2. The zero-order chi connectivity index (χ0) is 17.0. The van der Waals surface area contributed by atoms with Gasteiger partial charge in [-0.1, -0.05) is 11.6 Å². The highest BCUT2D eigenvalue weighted by molar-refractivity contribution is 6.31. The predicted octanol–water partition coefficient (Wildman–Crippen LogP) is 3.52. The van der Waals surface area contributed by atoms with Gasteiger partial charge in [0.05, 0.1) is 19.1 Å². The molecule has 8 heteroatoms. The number of rotatable bonds is 5. The van der Waals surface area contributed by atoms with E-state index in [0.717, 1.165) is 0 Å². The van der Waals surface area contributed by atoms with E-state index in [2.05, 4.69) is 5.32 Å². The molecule has 0 atom stereocenters. The van der Waals surface area contributed by atoms with Crippen LogP contribution in [0.15, 0.2) is 36.4 Å². The average molecular weight is 337 g/mol. The fourth-order valence-corrected chi connectivity index (χ4v) is 2.10. The van der Waals surface area contributed by atoms with Crippen LogP contribution in [0.5, 0.6) is 11.5 Å². The fraction of sp³-hybridized carbons (Fsp3) is 0.133. The Bertz CT molecular complexity index is 764. The Morgan fingerprint density at radius 1 is 1.13 bits per heavy atom. The third-order valence-corrected chi connectivity index (χ3v) is 3.29. The van der Waals surface area contributed by atoms with E-state index in [0.29, 0.717) is 11.5 Å². The van der Waals surface area contributed by atoms with Gasteiger partial charge in [-0.15, -0.1) is 0 Å². The smallest absolute Gasteiger partial charge is 0.294 e. The first-order valence-corrected chi connectivity index (χ1v) is 6.81. The highest BCUT2D eigenvalue weighted by Gasteiger charge is 2.18. The van der Waals surface area contributed by atoms with Crippen LogP contribution < -0.4 is 14.8 Å². The molecule has 0 saturated carbocycles. The van der Waals surface area contributed by atoms with E-state index in [1.165, 1.54) is 44.6 Å². The number of nitro groups is 1. The van der Waals surface area contributed by atoms with Gasteiger partial charge in [0.1, 0.15) is 5.69 Å². The molecule has 0 spiro atoms. The number of hydrogen-bond donors (Lipinski definition) is 1. The van der Waals surface area contributed by atoms with Gasteiger partial charge in [0, 0.05) is 16.7 Å². The zero-order valence-corrected chi connectivity index (χ0v) is 13.1. The van der Waals surface area contributed by atoms with Gasteiger partial charge in [0.25, 0.3) is 11.6 Å². The number of carbonyl (C=O) groups excluding carboxylic acids is 1. The lowest BCUT2D eigenvalue weighted by Crippen LogP contribution is -2.13. The summed E-state index contributed by atoms with van der Waals surface area (Å²) in [5.41, 5.74) is 0.0393. The van der Waals surface area contributed by atoms with Crippen molar-refractivity contribution in [3.8, 4) is 11.5 Å². The molecule has 0 unspecified atom stereocenters. The maximum absolute atomic E-state index is 12.3. The Kier molecular flexibility index (Phi) is 5.02. The normalized spacial score (nSPS) is 10.0. The molecule has 2 rings (SSSR count). The molecule has 0 aliphatic heterocycles. The van der Waals surface area contributed by atoms with E-state index >= 15 is 0 Å². The highest BCUT2D eigenvalue weighted by Crippen LogP contribution is 2.30. The Hall–Kier alpha value is -2.80. The summed E-state index contributed by atoms with van der Waals surface area (Å²) in [7, 11) is 2.93. The first-order valence-electron chi connectivity index (χ1n) is 6.43. The quantitative estimate of drug-likeness (QED) is 0.666. The second kappa shape index (κ2) is 6.97. The van der Waals surface area contributed by atoms with E-state index in [9.17, 15) is 14.9 Å². The van der Waals surface area contributed by atoms with Crippen LogP contribution in [-0.2, 0) is 0 Å². The van der Waals surface area contributed by atoms with Crippen LogP contribution >= 0.6 is 11.6 Å². The van der Waals surface area contributed by atoms with Gasteiger partial charge >= 0.3 is 0 Å². The van der Waals surface area contributed by atoms with Crippen molar-refractivity contribution in [3.63, 3.8) is 0 Å². The first kappa shape index (κ1) is 16.6. The minimum atomic E-state index is -0.615. The molecule has 23 heavy (non-hydrogen) atoms. The van der Waals surface area contributed by atoms with Gasteiger partial charge in [-0.3, -0.25) is 14.9 Å². The SMILES string of the molecule is COc1ccc(C(=O)Nc2ccc(Cl)cc2[N+](=O)[O-])cc1OC. The number of anilines is 1. The summed E-state index contributed by atoms with van der Waals surface area (Å²) >= 11 is 5.74. The van der Waals surface area contributed by atoms with Crippen LogP contribution in [0, 0.1) is 10.1 Å². The topological polar surface area (TPSA) is 90.7 Å². The van der Waals surface area contributed by atoms with E-state index < -0.39 is 10.8 Å². The van der Waals surface area contributed by atoms with Crippen LogP contribution in [0.1, 0.15) is 10.4 Å². The molecule has 2 aromatic carbocycles. The van der Waals surface area contributed by atoms with Crippen LogP contribution in [0.2, 0.25) is 5.02 Å². The van der Waals surface area contributed by atoms with Gasteiger partial charge in [0.2, 0.25) is 0 Å². The molecule has 0 fully saturated rings. The summed E-state index contributed by atoms with van der Waals surface area (Å²) in [6, 6.07) is 8.59. The Morgan fingerprint density at radius 3 is 2.43 bits per heavy atom. The van der Waals surface area contributed by atoms with Crippen molar-refractivity contribution in [1.29, 1.82) is 0 Å². The van der Waals surface area contributed by atoms with Gasteiger partial charge < -0.3 is 14.8 Å². The highest BCUT2D eigenvalue weighted by atomic mass is 35.5. The molecular formula is C15H13ClN2O5. The number of nitrogens with zero attached hydrogens (tertiary/aromatic N) is 1. The summed E-state index contributed by atoms with van der Waals surface area (Å²) in [6.07, 6.45) is 0. The second-order valence-electron chi connectivity index (χ2n) is 4.44. The molecule has 120 valence electrons. The number of nitrogens with one attached hydrogen (secondary N) is 1. The molecule has 1 amide bonds. The van der Waals surface area contributed by atoms with Gasteiger partial charge in [0.15, 0.2) is 11.5 Å². The molecule has 0 heterocycles. The van der Waals surface area contributed by atoms with Gasteiger partial charge in [-0.25, -0.2) is 0 Å². The second-order valence-corrected chi connectivity index (χ2v) is 4.88. The average Bonchev–Trinajstić information content (AvgIpc) is 2.55. The van der Waals surface area contributed by atoms with E-state index in [4.69, 9.17) is 21.1 Å². The number of halogens is 1. The van der Waals surface area contributed by atoms with Crippen molar-refractivity contribution in [2.45, 2.75) is 0 Å². The van der Waals surface area contributed by atoms with Crippen molar-refractivity contribution in [2.75, 3.05) is 19.5 Å². The van der Waals surface area contributed by atoms with Crippen LogP contribution in [-0.4, -0.2) is 25.1 Å². The lowest BCUT2D eigenvalue weighted by molar-refractivity contribution is -0.383. The molecule has 7 nitrogen and oxygen atoms in total. The number of methoxy groups -OCH3 is 2. The fourth-order valence-electron chi connectivity index (χ4n) is 1.93. The number of benzene rings is 2. The lowest BCUT2D eigenvalue weighted by Gasteiger charge is -2.10. The monoisotopic (exact) mass is 336 g/mol. The standard InChI is InChI=1S/C15H13ClN2O5/c1-22-13-6-3-9(7-14(13)23-2)15(19)17-11-5-4-10(16)8-12(11)18(20)21/h3-8H,1-2H3,(H,17,19). The summed E-state index contributed by atoms with van der Waals surface area (Å²) in [6.45, 7) is 0. The van der Waals surface area contributed by atoms with Crippen molar-refractivity contribution < 1.29 is 19.2 Å². The lowest BCUT2D eigenvalue weighted by atomic mass is 10.1. The molecule has 2 aromatic rings. The molecule has 0 saturated heterocycles. The zero-order valence-electron chi connectivity index (χ0n) is 12.3. The predicted molar refractivity (Wildman–Crippen MR) is 85.6 cm³/mol. The number of nitro benzene ring substituents is 1. The molecular weight excluding hydrogens is 324 g/mol. The van der Waals surface area contributed by atoms with Gasteiger partial charge in [-0.05, 0) is 30.3 Å². The number of amides is 1. The third-order valence-electron chi connectivity index (χ3n) is 3.05. The summed E-state index contributed by atoms with van der Waals surface area (Å²) in [4.78, 5) is 22.7. The maximum atomic E-state index is 12.3. The Morgan fingerprint density at radius 2 is 1.83 bits per heavy atom. The molecule has 0 radical (unpaired) electrons. The molecule has 0 aliphatic rings. The summed E-state index contributed by atoms with van der Waals surface area (Å²) in [5, 5.41) is 13.7. The van der Waals surface area contributed by atoms with Crippen molar-refractivity contribution >= 4 is 28.9 Å². The third kappa shape index (κ3) is 3.70. The van der Waals surface area contributed by atoms with Crippen LogP contribution in [0.25, 0.3) is 0 Å². The van der Waals surface area contributed by atoms with E-state index in [-0.39, 0.29) is 22.0 Å². The largest absolute Gasteiger partial charge is 0.493 e. The maximum Gasteiger partial charge on any atom is 0.294 e. The summed E-state index contributed by atoms with van der Waals surface area (Å²) in [5.74, 6) is 0.337. The van der Waals surface area contributed by atoms with Crippen molar-refractivity contribution in [2.24, 2.45) is 0 Å². The molecule has 0 bridgehead atoms. The van der Waals surface area contributed by atoms with Crippen molar-refractivity contribution in [1.82, 2.24) is 0 Å². The van der Waals surface area contributed by atoms with Crippen molar-refractivity contribution in [3.05, 3.63) is 57.1 Å². The van der Waals surface area contributed by atoms with Crippen LogP contribution in [0.3, 0.4) is 0 Å². The first-order chi connectivity index (χ1) is 11.0. The minimum Gasteiger partial charge on any atom is -0.493 e. The Balaban J connectivity index is 2.31. The minimum absolute atomic E-state index is 0.0548. The Labute approximate surface area is 136 Å². The number of hydrogen-bond acceptors (Lipinski definition) is 5. The van der Waals surface area contributed by atoms with Crippen LogP contribution in [0.4, 0.5) is 11.4 Å². The summed E-state index contributed by atoms with van der Waals surface area (Å²) < 4.78 is 10.2. The van der Waals surface area contributed by atoms with E-state index in [1.54, 1.807) is 6.07 Å². The van der Waals surface area contributed by atoms with Gasteiger partial charge in [-0.2, -0.15) is 0 Å². The molecule has 0 aromatic heterocycles. The van der Waals surface area contributed by atoms with E-state index in [1.807, 2.05) is 0 Å². The molecule has 0 aliphatic carbocycles. The molecule has 1 N–H and O–H groups in total. The number of carbonyl (C=O) groups is 1.